The number of halogens is 1. The zero-order valence-electron chi connectivity index (χ0n) is 29.4. The van der Waals surface area contributed by atoms with Crippen molar-refractivity contribution in [2.45, 2.75) is 111 Å². The summed E-state index contributed by atoms with van der Waals surface area (Å²) in [4.78, 5) is 2.44. The predicted octanol–water partition coefficient (Wildman–Crippen LogP) is 10.8. The fraction of sp³-hybridized carbons (Fsp3) is 0.561. The molecule has 1 aromatic heterocycles. The van der Waals surface area contributed by atoms with Gasteiger partial charge in [-0.05, 0) is 84.7 Å². The van der Waals surface area contributed by atoms with Crippen molar-refractivity contribution in [1.29, 1.82) is 0 Å². The second-order valence-electron chi connectivity index (χ2n) is 12.8. The summed E-state index contributed by atoms with van der Waals surface area (Å²) in [7, 11) is 0. The Morgan fingerprint density at radius 1 is 0.681 bits per heavy atom. The van der Waals surface area contributed by atoms with Crippen LogP contribution in [0.3, 0.4) is 0 Å². The molecule has 0 saturated carbocycles. The fourth-order valence-electron chi connectivity index (χ4n) is 6.02. The van der Waals surface area contributed by atoms with Gasteiger partial charge in [0.15, 0.2) is 0 Å². The molecule has 0 aliphatic heterocycles. The molecule has 0 fully saturated rings. The minimum absolute atomic E-state index is 0.0664. The molecule has 0 N–H and O–H groups in total. The van der Waals surface area contributed by atoms with Crippen molar-refractivity contribution in [3.8, 4) is 10.4 Å². The van der Waals surface area contributed by atoms with Gasteiger partial charge in [-0.1, -0.05) is 89.8 Å². The maximum absolute atomic E-state index is 13.5. The fourth-order valence-corrected chi connectivity index (χ4v) is 7.06. The van der Waals surface area contributed by atoms with Gasteiger partial charge >= 0.3 is 0 Å². The van der Waals surface area contributed by atoms with Gasteiger partial charge in [0.05, 0.1) is 12.7 Å². The zero-order valence-corrected chi connectivity index (χ0v) is 30.2. The summed E-state index contributed by atoms with van der Waals surface area (Å²) in [6, 6.07) is 17.9. The molecule has 0 radical (unpaired) electrons. The van der Waals surface area contributed by atoms with Crippen LogP contribution in [-0.2, 0) is 25.4 Å². The van der Waals surface area contributed by atoms with Gasteiger partial charge in [-0.3, -0.25) is 0 Å². The van der Waals surface area contributed by atoms with Crippen LogP contribution in [0.4, 0.5) is 4.39 Å². The molecule has 0 unspecified atom stereocenters. The predicted molar refractivity (Wildman–Crippen MR) is 195 cm³/mol. The maximum atomic E-state index is 13.5. The van der Waals surface area contributed by atoms with Gasteiger partial charge in [0, 0.05) is 48.5 Å². The summed E-state index contributed by atoms with van der Waals surface area (Å²) < 4.78 is 40.0. The van der Waals surface area contributed by atoms with Crippen LogP contribution in [0.25, 0.3) is 16.0 Å². The summed E-state index contributed by atoms with van der Waals surface area (Å²) in [5, 5.41) is 0. The lowest BCUT2D eigenvalue weighted by molar-refractivity contribution is -0.147. The van der Waals surface area contributed by atoms with E-state index >= 15 is 0 Å². The summed E-state index contributed by atoms with van der Waals surface area (Å²) in [5.74, 6) is -0.143. The second kappa shape index (κ2) is 20.2. The number of ether oxygens (including phenoxy) is 4. The van der Waals surface area contributed by atoms with Crippen LogP contribution in [0.5, 0.6) is 0 Å². The molecule has 2 aromatic carbocycles. The smallest absolute Gasteiger partial charge is 0.123 e. The van der Waals surface area contributed by atoms with E-state index in [1.165, 1.54) is 39.3 Å². The SMILES string of the molecule is CCCCOC[C@H]1C=C(c2ccc(C)c(Cc3ccc(-c4ccc(F)cc4)s3)c2)[C@H](OCCCC)[C@@H](OCCCC)[C@@H]1OCCCC. The summed E-state index contributed by atoms with van der Waals surface area (Å²) in [6.45, 7) is 14.4. The molecule has 1 aliphatic carbocycles. The molecule has 0 saturated heterocycles. The van der Waals surface area contributed by atoms with E-state index in [0.717, 1.165) is 74.8 Å². The lowest BCUT2D eigenvalue weighted by Gasteiger charge is -2.42. The molecule has 1 aliphatic rings. The Hall–Kier alpha value is -2.35. The first-order valence-electron chi connectivity index (χ1n) is 18.1. The minimum Gasteiger partial charge on any atom is -0.381 e. The van der Waals surface area contributed by atoms with Crippen LogP contribution >= 0.6 is 11.3 Å². The lowest BCUT2D eigenvalue weighted by Crippen LogP contribution is -2.51. The number of thiophene rings is 1. The number of rotatable bonds is 21. The second-order valence-corrected chi connectivity index (χ2v) is 14.0. The summed E-state index contributed by atoms with van der Waals surface area (Å²) in [6.07, 6.45) is 11.1. The van der Waals surface area contributed by atoms with E-state index < -0.39 is 0 Å². The van der Waals surface area contributed by atoms with Gasteiger partial charge < -0.3 is 18.9 Å². The average molecular weight is 665 g/mol. The molecule has 0 bridgehead atoms. The zero-order chi connectivity index (χ0) is 33.4. The van der Waals surface area contributed by atoms with Gasteiger partial charge in [0.1, 0.15) is 18.0 Å². The van der Waals surface area contributed by atoms with Crippen LogP contribution in [0.2, 0.25) is 0 Å². The van der Waals surface area contributed by atoms with Gasteiger partial charge in [-0.25, -0.2) is 4.39 Å². The largest absolute Gasteiger partial charge is 0.381 e. The van der Waals surface area contributed by atoms with Crippen LogP contribution in [-0.4, -0.2) is 51.3 Å². The first kappa shape index (κ1) is 37.5. The Kier molecular flexibility index (Phi) is 16.1. The molecule has 0 amide bonds. The molecule has 1 heterocycles. The maximum Gasteiger partial charge on any atom is 0.123 e. The number of hydrogen-bond acceptors (Lipinski definition) is 5. The lowest BCUT2D eigenvalue weighted by atomic mass is 9.80. The third-order valence-electron chi connectivity index (χ3n) is 8.95. The van der Waals surface area contributed by atoms with Crippen molar-refractivity contribution >= 4 is 16.9 Å². The van der Waals surface area contributed by atoms with Crippen molar-refractivity contribution in [2.24, 2.45) is 5.92 Å². The molecule has 3 aromatic rings. The topological polar surface area (TPSA) is 36.9 Å². The van der Waals surface area contributed by atoms with E-state index in [4.69, 9.17) is 18.9 Å². The average Bonchev–Trinajstić information content (AvgIpc) is 3.54. The molecule has 4 nitrogen and oxygen atoms in total. The Balaban J connectivity index is 1.69. The van der Waals surface area contributed by atoms with Gasteiger partial charge in [-0.15, -0.1) is 11.3 Å². The standard InChI is InChI=1S/C41H57FO4S/c1-6-10-22-43-29-34-28-37(40(45-24-12-8-3)41(46-25-13-9-4)39(34)44-23-11-7-2)32-15-14-30(5)33(26-32)27-36-20-21-38(47-36)31-16-18-35(42)19-17-31/h14-21,26,28,34,39-41H,6-13,22-25,27,29H2,1-5H3/t34-,39-,40+,41+/m1/s1. The van der Waals surface area contributed by atoms with Crippen LogP contribution in [0.15, 0.2) is 60.7 Å². The quantitative estimate of drug-likeness (QED) is 0.106. The van der Waals surface area contributed by atoms with E-state index in [1.54, 1.807) is 11.3 Å². The number of hydrogen-bond donors (Lipinski definition) is 0. The van der Waals surface area contributed by atoms with Crippen molar-refractivity contribution in [3.05, 3.63) is 88.1 Å². The highest BCUT2D eigenvalue weighted by molar-refractivity contribution is 7.15. The summed E-state index contributed by atoms with van der Waals surface area (Å²) >= 11 is 1.77. The van der Waals surface area contributed by atoms with E-state index in [2.05, 4.69) is 71.0 Å². The normalized spacial score (nSPS) is 19.7. The summed E-state index contributed by atoms with van der Waals surface area (Å²) in [5.41, 5.74) is 5.97. The highest BCUT2D eigenvalue weighted by atomic mass is 32.1. The first-order chi connectivity index (χ1) is 23.0. The number of benzene rings is 2. The van der Waals surface area contributed by atoms with Crippen LogP contribution in [0, 0.1) is 18.7 Å². The molecule has 258 valence electrons. The number of aryl methyl sites for hydroxylation is 1. The molecule has 0 spiro atoms. The van der Waals surface area contributed by atoms with E-state index in [9.17, 15) is 4.39 Å². The Morgan fingerprint density at radius 2 is 1.30 bits per heavy atom. The monoisotopic (exact) mass is 664 g/mol. The first-order valence-corrected chi connectivity index (χ1v) is 18.9. The molecule has 4 rings (SSSR count). The molecule has 47 heavy (non-hydrogen) atoms. The van der Waals surface area contributed by atoms with Crippen molar-refractivity contribution in [1.82, 2.24) is 0 Å². The van der Waals surface area contributed by atoms with Crippen LogP contribution < -0.4 is 0 Å². The van der Waals surface area contributed by atoms with E-state index in [0.29, 0.717) is 26.4 Å². The Labute approximate surface area is 287 Å². The van der Waals surface area contributed by atoms with Gasteiger partial charge in [-0.2, -0.15) is 0 Å². The van der Waals surface area contributed by atoms with Crippen molar-refractivity contribution in [2.75, 3.05) is 33.0 Å². The van der Waals surface area contributed by atoms with Crippen molar-refractivity contribution < 1.29 is 23.3 Å². The van der Waals surface area contributed by atoms with Gasteiger partial charge in [0.25, 0.3) is 0 Å². The highest BCUT2D eigenvalue weighted by Gasteiger charge is 2.43. The molecule has 4 atom stereocenters. The molecular weight excluding hydrogens is 608 g/mol. The van der Waals surface area contributed by atoms with Crippen molar-refractivity contribution in [3.63, 3.8) is 0 Å². The third-order valence-corrected chi connectivity index (χ3v) is 10.1. The van der Waals surface area contributed by atoms with E-state index in [-0.39, 0.29) is 30.0 Å². The third kappa shape index (κ3) is 11.1. The Morgan fingerprint density at radius 3 is 1.98 bits per heavy atom. The minimum atomic E-state index is -0.223. The highest BCUT2D eigenvalue weighted by Crippen LogP contribution is 2.38. The number of unbranched alkanes of at least 4 members (excludes halogenated alkanes) is 4. The molecule has 6 heteroatoms. The van der Waals surface area contributed by atoms with Crippen LogP contribution in [0.1, 0.15) is 101 Å². The van der Waals surface area contributed by atoms with Gasteiger partial charge in [0.2, 0.25) is 0 Å². The Bertz CT molecular complexity index is 1350. The van der Waals surface area contributed by atoms with E-state index in [1.807, 2.05) is 12.1 Å². The molecular formula is C41H57FO4S.